The molecule has 4 nitrogen and oxygen atoms in total. The predicted octanol–water partition coefficient (Wildman–Crippen LogP) is 0.471. The largest absolute Gasteiger partial charge is 0.381 e. The Morgan fingerprint density at radius 3 is 3.14 bits per heavy atom. The van der Waals surface area contributed by atoms with Gasteiger partial charge in [-0.2, -0.15) is 5.10 Å². The topological polar surface area (TPSA) is 39.1 Å². The monoisotopic (exact) mass is 193 g/mol. The van der Waals surface area contributed by atoms with Crippen LogP contribution < -0.4 is 5.32 Å². The summed E-state index contributed by atoms with van der Waals surface area (Å²) in [5.74, 6) is 0. The lowest BCUT2D eigenvalue weighted by molar-refractivity contribution is 0.0577. The fourth-order valence-electron chi connectivity index (χ4n) is 2.54. The number of hydrogen-bond donors (Lipinski definition) is 1. The molecule has 1 aromatic rings. The van der Waals surface area contributed by atoms with E-state index in [1.54, 1.807) is 0 Å². The highest BCUT2D eigenvalue weighted by atomic mass is 16.5. The summed E-state index contributed by atoms with van der Waals surface area (Å²) in [6.45, 7) is 2.91. The van der Waals surface area contributed by atoms with Gasteiger partial charge in [-0.05, 0) is 6.42 Å². The maximum absolute atomic E-state index is 5.49. The summed E-state index contributed by atoms with van der Waals surface area (Å²) < 4.78 is 7.35. The molecule has 2 unspecified atom stereocenters. The standard InChI is InChI=1S/C10H15N3O/c1-13-5-8(4-12-13)9-10(6-11-9)2-3-14-7-10/h4-5,9,11H,2-3,6-7H2,1H3. The first kappa shape index (κ1) is 8.44. The first-order valence-electron chi connectivity index (χ1n) is 5.10. The minimum absolute atomic E-state index is 0.364. The molecule has 0 radical (unpaired) electrons. The number of aryl methyl sites for hydroxylation is 1. The lowest BCUT2D eigenvalue weighted by Gasteiger charge is -2.46. The summed E-state index contributed by atoms with van der Waals surface area (Å²) in [4.78, 5) is 0. The molecule has 76 valence electrons. The van der Waals surface area contributed by atoms with Crippen molar-refractivity contribution in [3.63, 3.8) is 0 Å². The van der Waals surface area contributed by atoms with Gasteiger partial charge in [0.15, 0.2) is 0 Å². The fourth-order valence-corrected chi connectivity index (χ4v) is 2.54. The van der Waals surface area contributed by atoms with E-state index in [0.29, 0.717) is 11.5 Å². The van der Waals surface area contributed by atoms with Crippen molar-refractivity contribution in [2.45, 2.75) is 12.5 Å². The third kappa shape index (κ3) is 1.04. The van der Waals surface area contributed by atoms with Crippen molar-refractivity contribution < 1.29 is 4.74 Å². The van der Waals surface area contributed by atoms with Gasteiger partial charge in [-0.25, -0.2) is 0 Å². The molecule has 2 aliphatic rings. The van der Waals surface area contributed by atoms with Gasteiger partial charge in [0.25, 0.3) is 0 Å². The maximum atomic E-state index is 5.49. The Morgan fingerprint density at radius 1 is 1.71 bits per heavy atom. The molecule has 0 bridgehead atoms. The molecule has 2 saturated heterocycles. The van der Waals surface area contributed by atoms with Crippen molar-refractivity contribution in [1.82, 2.24) is 15.1 Å². The SMILES string of the molecule is Cn1cc(C2NCC23CCOC3)cn1. The van der Waals surface area contributed by atoms with E-state index in [0.717, 1.165) is 19.8 Å². The molecule has 0 aliphatic carbocycles. The summed E-state index contributed by atoms with van der Waals surface area (Å²) in [5, 5.41) is 7.68. The van der Waals surface area contributed by atoms with E-state index in [1.165, 1.54) is 12.0 Å². The Balaban J connectivity index is 1.86. The van der Waals surface area contributed by atoms with Crippen LogP contribution in [0.3, 0.4) is 0 Å². The van der Waals surface area contributed by atoms with Crippen LogP contribution in [0.2, 0.25) is 0 Å². The van der Waals surface area contributed by atoms with Crippen LogP contribution in [0, 0.1) is 5.41 Å². The normalized spacial score (nSPS) is 36.2. The average Bonchev–Trinajstić information content (AvgIpc) is 2.73. The summed E-state index contributed by atoms with van der Waals surface area (Å²) in [7, 11) is 1.96. The molecule has 3 heterocycles. The van der Waals surface area contributed by atoms with Gasteiger partial charge in [-0.15, -0.1) is 0 Å². The first-order valence-corrected chi connectivity index (χ1v) is 5.10. The van der Waals surface area contributed by atoms with E-state index >= 15 is 0 Å². The molecule has 0 saturated carbocycles. The van der Waals surface area contributed by atoms with Gasteiger partial charge in [0.1, 0.15) is 0 Å². The molecular formula is C10H15N3O. The second-order valence-electron chi connectivity index (χ2n) is 4.43. The summed E-state index contributed by atoms with van der Waals surface area (Å²) >= 11 is 0. The van der Waals surface area contributed by atoms with E-state index in [2.05, 4.69) is 16.6 Å². The highest BCUT2D eigenvalue weighted by Gasteiger charge is 2.50. The first-order chi connectivity index (χ1) is 6.80. The van der Waals surface area contributed by atoms with Gasteiger partial charge in [-0.1, -0.05) is 0 Å². The lowest BCUT2D eigenvalue weighted by atomic mass is 9.71. The van der Waals surface area contributed by atoms with Crippen LogP contribution >= 0.6 is 0 Å². The zero-order chi connectivity index (χ0) is 9.60. The summed E-state index contributed by atoms with van der Waals surface area (Å²) in [6.07, 6.45) is 5.23. The molecule has 1 spiro atoms. The Hall–Kier alpha value is -0.870. The third-order valence-corrected chi connectivity index (χ3v) is 3.46. The van der Waals surface area contributed by atoms with Crippen molar-refractivity contribution in [2.24, 2.45) is 12.5 Å². The Labute approximate surface area is 83.2 Å². The summed E-state index contributed by atoms with van der Waals surface area (Å²) in [5.41, 5.74) is 1.66. The quantitative estimate of drug-likeness (QED) is 0.704. The molecule has 2 aliphatic heterocycles. The minimum atomic E-state index is 0.364. The van der Waals surface area contributed by atoms with Crippen LogP contribution in [0.1, 0.15) is 18.0 Å². The molecule has 1 aromatic heterocycles. The molecule has 2 fully saturated rings. The predicted molar refractivity (Wildman–Crippen MR) is 51.8 cm³/mol. The van der Waals surface area contributed by atoms with Crippen LogP contribution in [-0.2, 0) is 11.8 Å². The average molecular weight is 193 g/mol. The van der Waals surface area contributed by atoms with Crippen molar-refractivity contribution in [3.05, 3.63) is 18.0 Å². The van der Waals surface area contributed by atoms with Crippen molar-refractivity contribution in [2.75, 3.05) is 19.8 Å². The lowest BCUT2D eigenvalue weighted by Crippen LogP contribution is -2.56. The van der Waals surface area contributed by atoms with Gasteiger partial charge in [0.05, 0.1) is 12.8 Å². The fraction of sp³-hybridized carbons (Fsp3) is 0.700. The van der Waals surface area contributed by atoms with Crippen LogP contribution in [0.15, 0.2) is 12.4 Å². The van der Waals surface area contributed by atoms with Gasteiger partial charge in [0, 0.05) is 43.4 Å². The molecule has 3 rings (SSSR count). The number of hydrogen-bond acceptors (Lipinski definition) is 3. The van der Waals surface area contributed by atoms with Gasteiger partial charge in [0.2, 0.25) is 0 Å². The molecular weight excluding hydrogens is 178 g/mol. The number of nitrogens with one attached hydrogen (secondary N) is 1. The number of rotatable bonds is 1. The highest BCUT2D eigenvalue weighted by Crippen LogP contribution is 2.46. The molecule has 4 heteroatoms. The number of aromatic nitrogens is 2. The third-order valence-electron chi connectivity index (χ3n) is 3.46. The second kappa shape index (κ2) is 2.81. The molecule has 14 heavy (non-hydrogen) atoms. The summed E-state index contributed by atoms with van der Waals surface area (Å²) in [6, 6.07) is 0.457. The smallest absolute Gasteiger partial charge is 0.0553 e. The number of nitrogens with zero attached hydrogens (tertiary/aromatic N) is 2. The van der Waals surface area contributed by atoms with E-state index in [1.807, 2.05) is 17.9 Å². The highest BCUT2D eigenvalue weighted by molar-refractivity contribution is 5.21. The van der Waals surface area contributed by atoms with Crippen LogP contribution in [-0.4, -0.2) is 29.5 Å². The van der Waals surface area contributed by atoms with Gasteiger partial charge < -0.3 is 10.1 Å². The van der Waals surface area contributed by atoms with Gasteiger partial charge in [-0.3, -0.25) is 4.68 Å². The molecule has 0 amide bonds. The second-order valence-corrected chi connectivity index (χ2v) is 4.43. The van der Waals surface area contributed by atoms with Crippen molar-refractivity contribution in [3.8, 4) is 0 Å². The van der Waals surface area contributed by atoms with E-state index in [4.69, 9.17) is 4.74 Å². The maximum Gasteiger partial charge on any atom is 0.0553 e. The van der Waals surface area contributed by atoms with E-state index in [-0.39, 0.29) is 0 Å². The van der Waals surface area contributed by atoms with Crippen molar-refractivity contribution in [1.29, 1.82) is 0 Å². The van der Waals surface area contributed by atoms with Crippen LogP contribution in [0.4, 0.5) is 0 Å². The molecule has 1 N–H and O–H groups in total. The van der Waals surface area contributed by atoms with Crippen molar-refractivity contribution >= 4 is 0 Å². The van der Waals surface area contributed by atoms with Crippen LogP contribution in [0.5, 0.6) is 0 Å². The van der Waals surface area contributed by atoms with Gasteiger partial charge >= 0.3 is 0 Å². The van der Waals surface area contributed by atoms with E-state index < -0.39 is 0 Å². The number of ether oxygens (including phenoxy) is 1. The Kier molecular flexibility index (Phi) is 1.69. The Bertz CT molecular complexity index is 341. The minimum Gasteiger partial charge on any atom is -0.381 e. The molecule has 0 aromatic carbocycles. The van der Waals surface area contributed by atoms with E-state index in [9.17, 15) is 0 Å². The zero-order valence-corrected chi connectivity index (χ0v) is 8.36. The molecule has 2 atom stereocenters. The zero-order valence-electron chi connectivity index (χ0n) is 8.36. The van der Waals surface area contributed by atoms with Crippen LogP contribution in [0.25, 0.3) is 0 Å². The Morgan fingerprint density at radius 2 is 2.64 bits per heavy atom.